The third-order valence-corrected chi connectivity index (χ3v) is 10.3. The molecule has 49 heavy (non-hydrogen) atoms. The topological polar surface area (TPSA) is 70.8 Å². The van der Waals surface area contributed by atoms with Crippen LogP contribution in [0.5, 0.6) is 5.75 Å². The highest BCUT2D eigenvalue weighted by Crippen LogP contribution is 2.43. The van der Waals surface area contributed by atoms with Gasteiger partial charge in [0.05, 0.1) is 12.3 Å². The van der Waals surface area contributed by atoms with Gasteiger partial charge in [0.1, 0.15) is 17.6 Å². The van der Waals surface area contributed by atoms with Gasteiger partial charge in [0.2, 0.25) is 0 Å². The second-order valence-electron chi connectivity index (χ2n) is 13.9. The van der Waals surface area contributed by atoms with Gasteiger partial charge in [-0.2, -0.15) is 5.10 Å². The second kappa shape index (κ2) is 19.9. The van der Waals surface area contributed by atoms with Crippen molar-refractivity contribution in [2.45, 2.75) is 96.7 Å². The van der Waals surface area contributed by atoms with Gasteiger partial charge in [-0.25, -0.2) is 4.39 Å². The lowest BCUT2D eigenvalue weighted by Gasteiger charge is -2.35. The zero-order chi connectivity index (χ0) is 32.8. The first kappa shape index (κ1) is 42.8. The maximum atomic E-state index is 14.4. The van der Waals surface area contributed by atoms with Crippen molar-refractivity contribution in [3.63, 3.8) is 0 Å². The van der Waals surface area contributed by atoms with E-state index in [1.54, 1.807) is 6.07 Å². The maximum Gasteiger partial charge on any atom is 0.320 e. The zero-order valence-corrected chi connectivity index (χ0v) is 32.0. The predicted octanol–water partition coefficient (Wildman–Crippen LogP) is 8.47. The van der Waals surface area contributed by atoms with E-state index >= 15 is 0 Å². The van der Waals surface area contributed by atoms with Crippen LogP contribution in [0.25, 0.3) is 0 Å². The molecule has 1 aliphatic heterocycles. The van der Waals surface area contributed by atoms with E-state index in [1.807, 2.05) is 32.2 Å². The number of rotatable bonds is 14. The van der Waals surface area contributed by atoms with E-state index in [-0.39, 0.29) is 55.0 Å². The molecule has 1 N–H and O–H groups in total. The molecule has 1 saturated heterocycles. The molecular formula is C38H56Cl3FN4O3. The number of hydrogen-bond acceptors (Lipinski definition) is 5. The first-order valence-corrected chi connectivity index (χ1v) is 17.4. The number of hydrogen-bond donors (Lipinski definition) is 1. The van der Waals surface area contributed by atoms with Gasteiger partial charge in [-0.3, -0.25) is 14.4 Å². The molecule has 2 heterocycles. The van der Waals surface area contributed by atoms with Crippen LogP contribution in [0.4, 0.5) is 4.39 Å². The van der Waals surface area contributed by atoms with Crippen molar-refractivity contribution in [1.82, 2.24) is 19.6 Å². The summed E-state index contributed by atoms with van der Waals surface area (Å²) in [4.78, 5) is 16.9. The quantitative estimate of drug-likeness (QED) is 0.179. The number of nitrogens with zero attached hydrogens (tertiary/aromatic N) is 4. The number of likely N-dealkylation sites (tertiary alicyclic amines) is 1. The Bertz CT molecular complexity index is 1430. The van der Waals surface area contributed by atoms with E-state index in [2.05, 4.69) is 59.5 Å². The van der Waals surface area contributed by atoms with Crippen LogP contribution in [0, 0.1) is 17.7 Å². The van der Waals surface area contributed by atoms with E-state index in [4.69, 9.17) is 9.84 Å². The van der Waals surface area contributed by atoms with Crippen LogP contribution in [0.2, 0.25) is 0 Å². The summed E-state index contributed by atoms with van der Waals surface area (Å²) >= 11 is 0. The normalized spacial score (nSPS) is 20.4. The first-order valence-electron chi connectivity index (χ1n) is 17.4. The van der Waals surface area contributed by atoms with Crippen LogP contribution in [-0.2, 0) is 17.8 Å². The molecule has 2 aliphatic rings. The molecule has 0 spiro atoms. The lowest BCUT2D eigenvalue weighted by Crippen LogP contribution is -2.45. The molecule has 7 nitrogen and oxygen atoms in total. The zero-order valence-electron chi connectivity index (χ0n) is 29.6. The Hall–Kier alpha value is -2.36. The van der Waals surface area contributed by atoms with Crippen LogP contribution in [0.1, 0.15) is 94.1 Å². The maximum absolute atomic E-state index is 14.4. The number of aliphatic carboxylic acids is 1. The molecule has 0 bridgehead atoms. The summed E-state index contributed by atoms with van der Waals surface area (Å²) in [5.74, 6) is 1.28. The Labute approximate surface area is 311 Å². The summed E-state index contributed by atoms with van der Waals surface area (Å²) in [5.41, 5.74) is 4.73. The lowest BCUT2D eigenvalue weighted by atomic mass is 9.87. The highest BCUT2D eigenvalue weighted by atomic mass is 35.5. The van der Waals surface area contributed by atoms with Gasteiger partial charge in [0.15, 0.2) is 0 Å². The fraction of sp³-hybridized carbons (Fsp3) is 0.579. The van der Waals surface area contributed by atoms with Gasteiger partial charge in [0.25, 0.3) is 0 Å². The van der Waals surface area contributed by atoms with Crippen molar-refractivity contribution in [3.05, 3.63) is 82.9 Å². The second-order valence-corrected chi connectivity index (χ2v) is 13.9. The molecular weight excluding hydrogens is 686 g/mol. The third-order valence-electron chi connectivity index (χ3n) is 10.3. The molecule has 274 valence electrons. The summed E-state index contributed by atoms with van der Waals surface area (Å²) in [5, 5.41) is 15.0. The van der Waals surface area contributed by atoms with Crippen LogP contribution in [0.15, 0.2) is 54.6 Å². The fourth-order valence-electron chi connectivity index (χ4n) is 7.90. The molecule has 11 heteroatoms. The van der Waals surface area contributed by atoms with Crippen molar-refractivity contribution in [1.29, 1.82) is 0 Å². The van der Waals surface area contributed by atoms with E-state index in [0.717, 1.165) is 75.3 Å². The standard InChI is InChI=1S/C38H53FN4O3.3ClH/c1-6-43-36(23-32(40-43)20-27-11-13-34(14-12-27)46-7-2)28-15-17-42(18-16-28)25-30-22-33(41(5)37(38(44)45)19-26(3)4)24-35(30)29-9-8-10-31(39)21-29;;;/h8-14,21,23,26,28,30,33,35,37H,6-7,15-20,22,24-25H2,1-5H3,(H,44,45);3*1H/t30?,33?,35?,37-;;;/m1.../s1. The fourth-order valence-corrected chi connectivity index (χ4v) is 7.90. The Morgan fingerprint density at radius 3 is 2.33 bits per heavy atom. The molecule has 5 rings (SSSR count). The number of carboxylic acid groups (broad SMARTS) is 1. The summed E-state index contributed by atoms with van der Waals surface area (Å²) < 4.78 is 22.2. The van der Waals surface area contributed by atoms with Gasteiger partial charge in [-0.1, -0.05) is 38.1 Å². The van der Waals surface area contributed by atoms with Crippen molar-refractivity contribution in [3.8, 4) is 5.75 Å². The number of carboxylic acids is 1. The molecule has 0 radical (unpaired) electrons. The number of piperidine rings is 1. The van der Waals surface area contributed by atoms with Crippen LogP contribution in [0.3, 0.4) is 0 Å². The number of carbonyl (C=O) groups is 1. The van der Waals surface area contributed by atoms with Crippen LogP contribution >= 0.6 is 37.2 Å². The van der Waals surface area contributed by atoms with E-state index in [0.29, 0.717) is 30.8 Å². The van der Waals surface area contributed by atoms with E-state index in [1.165, 1.54) is 17.3 Å². The average molecular weight is 742 g/mol. The molecule has 2 aromatic carbocycles. The van der Waals surface area contributed by atoms with Crippen molar-refractivity contribution < 1.29 is 19.0 Å². The molecule has 3 unspecified atom stereocenters. The number of aryl methyl sites for hydroxylation is 1. The SMILES string of the molecule is CCOc1ccc(Cc2cc(C3CCN(CC4CC(N(C)[C@H](CC(C)C)C(=O)O)CC4c4cccc(F)c4)CC3)n(CC)n2)cc1.Cl.Cl.Cl. The minimum Gasteiger partial charge on any atom is -0.494 e. The number of halogens is 4. The highest BCUT2D eigenvalue weighted by molar-refractivity contribution is 5.86. The van der Waals surface area contributed by atoms with Gasteiger partial charge in [-0.15, -0.1) is 37.2 Å². The number of benzene rings is 2. The number of aromatic nitrogens is 2. The summed E-state index contributed by atoms with van der Waals surface area (Å²) in [6.07, 6.45) is 5.40. The number of ether oxygens (including phenoxy) is 1. The Morgan fingerprint density at radius 1 is 1.04 bits per heavy atom. The Morgan fingerprint density at radius 2 is 1.73 bits per heavy atom. The molecule has 1 aromatic heterocycles. The van der Waals surface area contributed by atoms with Gasteiger partial charge < -0.3 is 14.7 Å². The molecule has 1 saturated carbocycles. The minimum absolute atomic E-state index is 0. The third kappa shape index (κ3) is 11.1. The molecule has 0 amide bonds. The predicted molar refractivity (Wildman–Crippen MR) is 203 cm³/mol. The summed E-state index contributed by atoms with van der Waals surface area (Å²) in [6.45, 7) is 12.8. The largest absolute Gasteiger partial charge is 0.494 e. The van der Waals surface area contributed by atoms with Gasteiger partial charge in [-0.05, 0) is 125 Å². The van der Waals surface area contributed by atoms with E-state index < -0.39 is 12.0 Å². The molecule has 4 atom stereocenters. The molecule has 1 aliphatic carbocycles. The van der Waals surface area contributed by atoms with Crippen molar-refractivity contribution in [2.75, 3.05) is 33.3 Å². The summed E-state index contributed by atoms with van der Waals surface area (Å²) in [6, 6.07) is 17.3. The minimum atomic E-state index is -0.752. The Balaban J connectivity index is 0.00000278. The monoisotopic (exact) mass is 740 g/mol. The first-order chi connectivity index (χ1) is 22.1. The summed E-state index contributed by atoms with van der Waals surface area (Å²) in [7, 11) is 1.98. The molecule has 3 aromatic rings. The van der Waals surface area contributed by atoms with Gasteiger partial charge in [0, 0.05) is 37.2 Å². The number of likely N-dealkylation sites (N-methyl/N-ethyl adjacent to an activating group) is 1. The average Bonchev–Trinajstić information content (AvgIpc) is 3.65. The van der Waals surface area contributed by atoms with Crippen LogP contribution < -0.4 is 4.74 Å². The van der Waals surface area contributed by atoms with Crippen LogP contribution in [-0.4, -0.2) is 76.0 Å². The van der Waals surface area contributed by atoms with Crippen molar-refractivity contribution in [2.24, 2.45) is 11.8 Å². The highest BCUT2D eigenvalue weighted by Gasteiger charge is 2.41. The van der Waals surface area contributed by atoms with Gasteiger partial charge >= 0.3 is 5.97 Å². The Kier molecular flexibility index (Phi) is 17.4. The lowest BCUT2D eigenvalue weighted by molar-refractivity contribution is -0.144. The van der Waals surface area contributed by atoms with E-state index in [9.17, 15) is 14.3 Å². The van der Waals surface area contributed by atoms with Crippen molar-refractivity contribution >= 4 is 43.2 Å². The molecule has 2 fully saturated rings. The smallest absolute Gasteiger partial charge is 0.320 e.